The monoisotopic (exact) mass is 234 g/mol. The third-order valence-corrected chi connectivity index (χ3v) is 2.75. The quantitative estimate of drug-likeness (QED) is 0.800. The highest BCUT2D eigenvalue weighted by Gasteiger charge is 2.13. The molecule has 0 saturated heterocycles. The zero-order valence-corrected chi connectivity index (χ0v) is 9.52. The van der Waals surface area contributed by atoms with Gasteiger partial charge in [0.2, 0.25) is 0 Å². The van der Waals surface area contributed by atoms with E-state index in [9.17, 15) is 4.79 Å². The number of nitrogens with zero attached hydrogens (tertiary/aromatic N) is 4. The summed E-state index contributed by atoms with van der Waals surface area (Å²) in [5, 5.41) is 2.79. The number of rotatable bonds is 3. The highest BCUT2D eigenvalue weighted by atomic mass is 32.1. The third-order valence-electron chi connectivity index (χ3n) is 1.98. The fraction of sp³-hybridized carbons (Fsp3) is 0.200. The molecule has 0 aliphatic carbocycles. The van der Waals surface area contributed by atoms with Crippen molar-refractivity contribution < 1.29 is 4.79 Å². The van der Waals surface area contributed by atoms with Gasteiger partial charge in [-0.05, 0) is 0 Å². The summed E-state index contributed by atoms with van der Waals surface area (Å²) in [6.07, 6.45) is 6.23. The Balaban J connectivity index is 2.05. The lowest BCUT2D eigenvalue weighted by Crippen LogP contribution is -2.27. The van der Waals surface area contributed by atoms with Gasteiger partial charge >= 0.3 is 0 Å². The van der Waals surface area contributed by atoms with E-state index >= 15 is 0 Å². The van der Waals surface area contributed by atoms with Gasteiger partial charge in [-0.3, -0.25) is 9.78 Å². The molecule has 0 aromatic carbocycles. The van der Waals surface area contributed by atoms with Crippen LogP contribution in [0, 0.1) is 0 Å². The number of aromatic nitrogens is 3. The number of carbonyl (C=O) groups excluding carboxylic acids is 1. The molecule has 1 amide bonds. The molecule has 0 spiro atoms. The molecule has 2 aromatic heterocycles. The Morgan fingerprint density at radius 1 is 1.38 bits per heavy atom. The maximum Gasteiger partial charge on any atom is 0.274 e. The van der Waals surface area contributed by atoms with Crippen molar-refractivity contribution in [2.24, 2.45) is 0 Å². The first-order valence-electron chi connectivity index (χ1n) is 4.67. The fourth-order valence-electron chi connectivity index (χ4n) is 1.21. The van der Waals surface area contributed by atoms with Crippen LogP contribution in [0.15, 0.2) is 30.2 Å². The van der Waals surface area contributed by atoms with Gasteiger partial charge in [-0.2, -0.15) is 0 Å². The zero-order valence-electron chi connectivity index (χ0n) is 8.70. The Morgan fingerprint density at radius 2 is 2.25 bits per heavy atom. The van der Waals surface area contributed by atoms with Crippen LogP contribution in [0.2, 0.25) is 0 Å². The van der Waals surface area contributed by atoms with E-state index in [0.29, 0.717) is 12.2 Å². The van der Waals surface area contributed by atoms with Gasteiger partial charge in [0.15, 0.2) is 0 Å². The lowest BCUT2D eigenvalue weighted by molar-refractivity contribution is 0.0778. The summed E-state index contributed by atoms with van der Waals surface area (Å²) in [5.41, 5.74) is 0.349. The molecule has 2 rings (SSSR count). The van der Waals surface area contributed by atoms with E-state index in [1.54, 1.807) is 18.1 Å². The Morgan fingerprint density at radius 3 is 2.88 bits per heavy atom. The number of hydrogen-bond donors (Lipinski definition) is 0. The molecule has 6 heteroatoms. The van der Waals surface area contributed by atoms with Crippen molar-refractivity contribution in [1.82, 2.24) is 19.9 Å². The molecule has 2 heterocycles. The van der Waals surface area contributed by atoms with E-state index in [1.165, 1.54) is 29.9 Å². The normalized spacial score (nSPS) is 10.1. The molecule has 82 valence electrons. The average Bonchev–Trinajstić information content (AvgIpc) is 2.82. The summed E-state index contributed by atoms with van der Waals surface area (Å²) in [6.45, 7) is 0.493. The minimum Gasteiger partial charge on any atom is -0.334 e. The van der Waals surface area contributed by atoms with Gasteiger partial charge < -0.3 is 4.90 Å². The summed E-state index contributed by atoms with van der Waals surface area (Å²) in [6, 6.07) is 0. The minimum absolute atomic E-state index is 0.150. The highest BCUT2D eigenvalue weighted by Crippen LogP contribution is 2.08. The largest absolute Gasteiger partial charge is 0.334 e. The first-order chi connectivity index (χ1) is 7.77. The van der Waals surface area contributed by atoms with Gasteiger partial charge in [-0.15, -0.1) is 11.3 Å². The van der Waals surface area contributed by atoms with Crippen molar-refractivity contribution >= 4 is 17.2 Å². The predicted octanol–water partition coefficient (Wildman–Crippen LogP) is 1.21. The van der Waals surface area contributed by atoms with Crippen LogP contribution in [0.4, 0.5) is 0 Å². The number of thiazole rings is 1. The van der Waals surface area contributed by atoms with Gasteiger partial charge in [-0.1, -0.05) is 0 Å². The van der Waals surface area contributed by atoms with E-state index in [2.05, 4.69) is 15.0 Å². The SMILES string of the molecule is CN(Cc1nccs1)C(=O)c1cnccn1. The van der Waals surface area contributed by atoms with Crippen LogP contribution in [0.1, 0.15) is 15.5 Å². The van der Waals surface area contributed by atoms with E-state index in [4.69, 9.17) is 0 Å². The maximum atomic E-state index is 11.9. The molecule has 0 aliphatic heterocycles. The summed E-state index contributed by atoms with van der Waals surface area (Å²) >= 11 is 1.52. The Bertz CT molecular complexity index is 457. The lowest BCUT2D eigenvalue weighted by atomic mass is 10.4. The van der Waals surface area contributed by atoms with Crippen molar-refractivity contribution in [3.63, 3.8) is 0 Å². The molecule has 0 aliphatic rings. The molecule has 0 radical (unpaired) electrons. The minimum atomic E-state index is -0.150. The highest BCUT2D eigenvalue weighted by molar-refractivity contribution is 7.09. The van der Waals surface area contributed by atoms with Crippen LogP contribution in [0.5, 0.6) is 0 Å². The second-order valence-corrected chi connectivity index (χ2v) is 4.16. The van der Waals surface area contributed by atoms with Crippen molar-refractivity contribution in [1.29, 1.82) is 0 Å². The van der Waals surface area contributed by atoms with Crippen molar-refractivity contribution in [3.8, 4) is 0 Å². The smallest absolute Gasteiger partial charge is 0.274 e. The van der Waals surface area contributed by atoms with Crippen LogP contribution in [0.25, 0.3) is 0 Å². The Hall–Kier alpha value is -1.82. The van der Waals surface area contributed by atoms with Crippen LogP contribution in [-0.2, 0) is 6.54 Å². The van der Waals surface area contributed by atoms with Gasteiger partial charge in [-0.25, -0.2) is 9.97 Å². The molecule has 0 N–H and O–H groups in total. The first kappa shape index (κ1) is 10.7. The maximum absolute atomic E-state index is 11.9. The summed E-state index contributed by atoms with van der Waals surface area (Å²) in [7, 11) is 1.72. The lowest BCUT2D eigenvalue weighted by Gasteiger charge is -2.14. The van der Waals surface area contributed by atoms with E-state index in [-0.39, 0.29) is 5.91 Å². The molecule has 0 unspecified atom stereocenters. The molecule has 0 saturated carbocycles. The number of amides is 1. The second-order valence-electron chi connectivity index (χ2n) is 3.18. The summed E-state index contributed by atoms with van der Waals surface area (Å²) < 4.78 is 0. The van der Waals surface area contributed by atoms with Gasteiger partial charge in [0.1, 0.15) is 10.7 Å². The molecule has 2 aromatic rings. The number of hydrogen-bond acceptors (Lipinski definition) is 5. The zero-order chi connectivity index (χ0) is 11.4. The van der Waals surface area contributed by atoms with Crippen LogP contribution in [-0.4, -0.2) is 32.8 Å². The standard InChI is InChI=1S/C10H10N4OS/c1-14(7-9-13-4-5-16-9)10(15)8-6-11-2-3-12-8/h2-6H,7H2,1H3. The van der Waals surface area contributed by atoms with Crippen LogP contribution < -0.4 is 0 Å². The molecule has 0 fully saturated rings. The molecular formula is C10H10N4OS. The molecule has 5 nitrogen and oxygen atoms in total. The predicted molar refractivity (Wildman–Crippen MR) is 59.9 cm³/mol. The van der Waals surface area contributed by atoms with E-state index in [1.807, 2.05) is 5.38 Å². The summed E-state index contributed by atoms with van der Waals surface area (Å²) in [4.78, 5) is 25.4. The molecule has 0 bridgehead atoms. The fourth-order valence-corrected chi connectivity index (χ4v) is 1.88. The van der Waals surface area contributed by atoms with Crippen molar-refractivity contribution in [2.75, 3.05) is 7.05 Å². The molecule has 16 heavy (non-hydrogen) atoms. The Labute approximate surface area is 96.8 Å². The van der Waals surface area contributed by atoms with Crippen LogP contribution in [0.3, 0.4) is 0 Å². The Kier molecular flexibility index (Phi) is 3.21. The van der Waals surface area contributed by atoms with Crippen molar-refractivity contribution in [3.05, 3.63) is 40.9 Å². The van der Waals surface area contributed by atoms with Crippen molar-refractivity contribution in [2.45, 2.75) is 6.54 Å². The molecular weight excluding hydrogens is 224 g/mol. The second kappa shape index (κ2) is 4.80. The summed E-state index contributed by atoms with van der Waals surface area (Å²) in [5.74, 6) is -0.150. The molecule has 0 atom stereocenters. The number of carbonyl (C=O) groups is 1. The van der Waals surface area contributed by atoms with Gasteiger partial charge in [0, 0.05) is 31.0 Å². The van der Waals surface area contributed by atoms with E-state index in [0.717, 1.165) is 5.01 Å². The van der Waals surface area contributed by atoms with Crippen LogP contribution >= 0.6 is 11.3 Å². The van der Waals surface area contributed by atoms with Gasteiger partial charge in [0.25, 0.3) is 5.91 Å². The third kappa shape index (κ3) is 2.40. The van der Waals surface area contributed by atoms with E-state index < -0.39 is 0 Å². The average molecular weight is 234 g/mol. The first-order valence-corrected chi connectivity index (χ1v) is 5.55. The van der Waals surface area contributed by atoms with Gasteiger partial charge in [0.05, 0.1) is 12.7 Å². The topological polar surface area (TPSA) is 59.0 Å².